The van der Waals surface area contributed by atoms with Crippen molar-refractivity contribution < 1.29 is 0 Å². The zero-order chi connectivity index (χ0) is 18.6. The Morgan fingerprint density at radius 1 is 0.889 bits per heavy atom. The maximum absolute atomic E-state index is 2.45. The van der Waals surface area contributed by atoms with Gasteiger partial charge in [-0.2, -0.15) is 0 Å². The summed E-state index contributed by atoms with van der Waals surface area (Å²) in [6.45, 7) is 2.04. The highest BCUT2D eigenvalue weighted by atomic mass is 15.1. The number of aryl methyl sites for hydroxylation is 3. The number of nitrogens with zero attached hydrogens (tertiary/aromatic N) is 2. The van der Waals surface area contributed by atoms with Crippen LogP contribution in [0.4, 0.5) is 0 Å². The smallest absolute Gasteiger partial charge is 0.0384 e. The summed E-state index contributed by atoms with van der Waals surface area (Å²) >= 11 is 0. The summed E-state index contributed by atoms with van der Waals surface area (Å²) in [6, 6.07) is 22.1. The molecule has 2 heteroatoms. The molecule has 1 aliphatic carbocycles. The molecular weight excluding hydrogens is 328 g/mol. The number of aromatic nitrogens is 1. The summed E-state index contributed by atoms with van der Waals surface area (Å²) in [5.41, 5.74) is 8.52. The number of hydrogen-bond acceptors (Lipinski definition) is 1. The van der Waals surface area contributed by atoms with Gasteiger partial charge in [0, 0.05) is 32.0 Å². The molecule has 2 nitrogen and oxygen atoms in total. The highest BCUT2D eigenvalue weighted by Gasteiger charge is 2.17. The predicted molar refractivity (Wildman–Crippen MR) is 114 cm³/mol. The maximum atomic E-state index is 2.45. The lowest BCUT2D eigenvalue weighted by Gasteiger charge is -2.17. The Labute approximate surface area is 162 Å². The standard InChI is InChI=1S/C25H28N2/c1-26(19-22-11-7-18-27(22)2)17-8-14-25-23-12-5-3-9-20(23)15-16-21-10-4-6-13-24(21)25/h3-7,9-14,18H,8,15-17,19H2,1-2H3. The van der Waals surface area contributed by atoms with Gasteiger partial charge in [-0.25, -0.2) is 0 Å². The topological polar surface area (TPSA) is 8.17 Å². The second kappa shape index (κ2) is 7.98. The van der Waals surface area contributed by atoms with E-state index in [0.29, 0.717) is 0 Å². The van der Waals surface area contributed by atoms with Crippen LogP contribution < -0.4 is 0 Å². The highest BCUT2D eigenvalue weighted by Crippen LogP contribution is 2.33. The van der Waals surface area contributed by atoms with Gasteiger partial charge < -0.3 is 9.47 Å². The van der Waals surface area contributed by atoms with Gasteiger partial charge >= 0.3 is 0 Å². The van der Waals surface area contributed by atoms with Gasteiger partial charge in [0.15, 0.2) is 0 Å². The molecule has 0 saturated carbocycles. The minimum Gasteiger partial charge on any atom is -0.353 e. The quantitative estimate of drug-likeness (QED) is 0.619. The summed E-state index contributed by atoms with van der Waals surface area (Å²) < 4.78 is 2.20. The van der Waals surface area contributed by atoms with Crippen molar-refractivity contribution in [3.63, 3.8) is 0 Å². The fourth-order valence-electron chi connectivity index (χ4n) is 4.08. The first kappa shape index (κ1) is 17.8. The summed E-state index contributed by atoms with van der Waals surface area (Å²) in [7, 11) is 4.32. The third kappa shape index (κ3) is 3.91. The Balaban J connectivity index is 1.56. The average Bonchev–Trinajstić information content (AvgIpc) is 3.01. The molecule has 0 unspecified atom stereocenters. The summed E-state index contributed by atoms with van der Waals surface area (Å²) in [4.78, 5) is 2.40. The molecule has 0 N–H and O–H groups in total. The third-order valence-corrected chi connectivity index (χ3v) is 5.62. The fourth-order valence-corrected chi connectivity index (χ4v) is 4.08. The van der Waals surface area contributed by atoms with Crippen molar-refractivity contribution in [2.24, 2.45) is 7.05 Å². The number of fused-ring (bicyclic) bond motifs is 2. The van der Waals surface area contributed by atoms with E-state index < -0.39 is 0 Å². The van der Waals surface area contributed by atoms with Crippen molar-refractivity contribution in [2.45, 2.75) is 25.8 Å². The maximum Gasteiger partial charge on any atom is 0.0384 e. The van der Waals surface area contributed by atoms with Crippen LogP contribution in [0.15, 0.2) is 72.9 Å². The third-order valence-electron chi connectivity index (χ3n) is 5.62. The van der Waals surface area contributed by atoms with Crippen LogP contribution in [0.2, 0.25) is 0 Å². The first-order chi connectivity index (χ1) is 13.2. The van der Waals surface area contributed by atoms with E-state index in [0.717, 1.165) is 32.4 Å². The molecule has 0 bridgehead atoms. The molecule has 0 amide bonds. The van der Waals surface area contributed by atoms with Crippen LogP contribution in [0, 0.1) is 0 Å². The van der Waals surface area contributed by atoms with Crippen LogP contribution in [-0.4, -0.2) is 23.1 Å². The van der Waals surface area contributed by atoms with Gasteiger partial charge in [0.05, 0.1) is 0 Å². The van der Waals surface area contributed by atoms with E-state index >= 15 is 0 Å². The monoisotopic (exact) mass is 356 g/mol. The molecule has 27 heavy (non-hydrogen) atoms. The Kier molecular flexibility index (Phi) is 5.26. The minimum absolute atomic E-state index is 0.986. The van der Waals surface area contributed by atoms with Crippen LogP contribution in [0.5, 0.6) is 0 Å². The summed E-state index contributed by atoms with van der Waals surface area (Å²) in [5.74, 6) is 0. The van der Waals surface area contributed by atoms with Gasteiger partial charge in [0.2, 0.25) is 0 Å². The molecule has 0 spiro atoms. The van der Waals surface area contributed by atoms with E-state index in [-0.39, 0.29) is 0 Å². The molecule has 1 heterocycles. The molecule has 0 atom stereocenters. The van der Waals surface area contributed by atoms with Gasteiger partial charge in [-0.15, -0.1) is 0 Å². The number of benzene rings is 2. The molecule has 4 rings (SSSR count). The van der Waals surface area contributed by atoms with Crippen LogP contribution in [0.1, 0.15) is 34.4 Å². The van der Waals surface area contributed by atoms with Gasteiger partial charge in [-0.1, -0.05) is 54.6 Å². The van der Waals surface area contributed by atoms with Crippen molar-refractivity contribution in [3.05, 3.63) is 101 Å². The van der Waals surface area contributed by atoms with E-state index in [1.807, 2.05) is 0 Å². The SMILES string of the molecule is CN(CCC=C1c2ccccc2CCc2ccccc21)Cc1cccn1C. The van der Waals surface area contributed by atoms with E-state index in [1.165, 1.54) is 33.5 Å². The lowest BCUT2D eigenvalue weighted by molar-refractivity contribution is 0.326. The Hall–Kier alpha value is -2.58. The minimum atomic E-state index is 0.986. The van der Waals surface area contributed by atoms with Gasteiger partial charge in [0.1, 0.15) is 0 Å². The predicted octanol–water partition coefficient (Wildman–Crippen LogP) is 5.08. The fraction of sp³-hybridized carbons (Fsp3) is 0.280. The van der Waals surface area contributed by atoms with Crippen LogP contribution in [0.3, 0.4) is 0 Å². The van der Waals surface area contributed by atoms with E-state index in [4.69, 9.17) is 0 Å². The lowest BCUT2D eigenvalue weighted by Crippen LogP contribution is -2.20. The second-order valence-electron chi connectivity index (χ2n) is 7.57. The van der Waals surface area contributed by atoms with Crippen molar-refractivity contribution in [3.8, 4) is 0 Å². The van der Waals surface area contributed by atoms with Crippen LogP contribution >= 0.6 is 0 Å². The molecule has 2 aromatic carbocycles. The molecule has 0 fully saturated rings. The molecule has 3 aromatic rings. The van der Waals surface area contributed by atoms with E-state index in [1.54, 1.807) is 0 Å². The zero-order valence-electron chi connectivity index (χ0n) is 16.4. The lowest BCUT2D eigenvalue weighted by atomic mass is 9.93. The van der Waals surface area contributed by atoms with Crippen molar-refractivity contribution in [1.29, 1.82) is 0 Å². The molecule has 1 aromatic heterocycles. The van der Waals surface area contributed by atoms with Crippen LogP contribution in [0.25, 0.3) is 5.57 Å². The normalized spacial score (nSPS) is 13.2. The number of hydrogen-bond donors (Lipinski definition) is 0. The highest BCUT2D eigenvalue weighted by molar-refractivity contribution is 5.83. The first-order valence-electron chi connectivity index (χ1n) is 9.88. The van der Waals surface area contributed by atoms with Crippen LogP contribution in [-0.2, 0) is 26.4 Å². The summed E-state index contributed by atoms with van der Waals surface area (Å²) in [6.07, 6.45) is 7.86. The molecule has 0 radical (unpaired) electrons. The zero-order valence-corrected chi connectivity index (χ0v) is 16.4. The Morgan fingerprint density at radius 3 is 2.11 bits per heavy atom. The average molecular weight is 357 g/mol. The molecule has 0 aliphatic heterocycles. The van der Waals surface area contributed by atoms with Crippen molar-refractivity contribution >= 4 is 5.57 Å². The number of rotatable bonds is 5. The molecular formula is C25H28N2. The van der Waals surface area contributed by atoms with Gasteiger partial charge in [-0.05, 0) is 66.3 Å². The molecule has 138 valence electrons. The van der Waals surface area contributed by atoms with Gasteiger partial charge in [0.25, 0.3) is 0 Å². The molecule has 1 aliphatic rings. The molecule has 0 saturated heterocycles. The van der Waals surface area contributed by atoms with Crippen molar-refractivity contribution in [2.75, 3.05) is 13.6 Å². The summed E-state index contributed by atoms with van der Waals surface area (Å²) in [5, 5.41) is 0. The van der Waals surface area contributed by atoms with Gasteiger partial charge in [-0.3, -0.25) is 0 Å². The Bertz CT molecular complexity index is 899. The van der Waals surface area contributed by atoms with Crippen molar-refractivity contribution in [1.82, 2.24) is 9.47 Å². The van der Waals surface area contributed by atoms with E-state index in [9.17, 15) is 0 Å². The second-order valence-corrected chi connectivity index (χ2v) is 7.57. The first-order valence-corrected chi connectivity index (χ1v) is 9.88. The van der Waals surface area contributed by atoms with E-state index in [2.05, 4.69) is 96.5 Å². The Morgan fingerprint density at radius 2 is 1.52 bits per heavy atom. The largest absolute Gasteiger partial charge is 0.353 e.